The monoisotopic (exact) mass is 376 g/mol. The molecule has 0 spiro atoms. The Balaban J connectivity index is 2.32. The van der Waals surface area contributed by atoms with Gasteiger partial charge in [0.2, 0.25) is 11.8 Å². The van der Waals surface area contributed by atoms with Crippen molar-refractivity contribution < 1.29 is 14.0 Å². The van der Waals surface area contributed by atoms with Gasteiger partial charge in [-0.15, -0.1) is 0 Å². The molecule has 4 nitrogen and oxygen atoms in total. The number of likely N-dealkylation sites (N-methyl/N-ethyl adjacent to an activating group) is 1. The smallest absolute Gasteiger partial charge is 0.242 e. The number of hydrogen-bond donors (Lipinski definition) is 1. The van der Waals surface area contributed by atoms with E-state index in [2.05, 4.69) is 5.32 Å². The maximum absolute atomic E-state index is 14.1. The van der Waals surface area contributed by atoms with Gasteiger partial charge in [0, 0.05) is 24.2 Å². The number of amides is 2. The second-order valence-corrected chi connectivity index (χ2v) is 6.52. The number of carbonyl (C=O) groups is 2. The molecule has 0 fully saturated rings. The lowest BCUT2D eigenvalue weighted by atomic mass is 10.1. The molecule has 2 aromatic carbocycles. The Bertz CT molecular complexity index is 790. The summed E-state index contributed by atoms with van der Waals surface area (Å²) in [6.07, 6.45) is -0.210. The minimum atomic E-state index is -0.697. The maximum atomic E-state index is 14.1. The second kappa shape index (κ2) is 8.81. The van der Waals surface area contributed by atoms with Crippen LogP contribution in [-0.2, 0) is 22.6 Å². The standard InChI is InChI=1S/C20H22ClFN2O2/c1-13-7-4-5-8-15(13)12-24(14(2)20(26)23-3)19(25)11-16-17(21)9-6-10-18(16)22/h4-10,14H,11-12H2,1-3H3,(H,23,26)/t14-/m0/s1. The molecule has 1 N–H and O–H groups in total. The SMILES string of the molecule is CNC(=O)[C@H](C)N(Cc1ccccc1C)C(=O)Cc1c(F)cccc1Cl. The number of nitrogens with one attached hydrogen (secondary N) is 1. The number of rotatable bonds is 6. The van der Waals surface area contributed by atoms with Crippen LogP contribution in [-0.4, -0.2) is 29.8 Å². The number of hydrogen-bond acceptors (Lipinski definition) is 2. The van der Waals surface area contributed by atoms with Gasteiger partial charge in [0.1, 0.15) is 11.9 Å². The third-order valence-electron chi connectivity index (χ3n) is 4.41. The highest BCUT2D eigenvalue weighted by Gasteiger charge is 2.27. The van der Waals surface area contributed by atoms with Crippen LogP contribution >= 0.6 is 11.6 Å². The predicted octanol–water partition coefficient (Wildman–Crippen LogP) is 3.49. The zero-order chi connectivity index (χ0) is 19.3. The third-order valence-corrected chi connectivity index (χ3v) is 4.76. The van der Waals surface area contributed by atoms with Crippen LogP contribution < -0.4 is 5.32 Å². The number of halogens is 2. The Labute approximate surface area is 158 Å². The molecule has 1 atom stereocenters. The number of aryl methyl sites for hydroxylation is 1. The van der Waals surface area contributed by atoms with Gasteiger partial charge in [-0.3, -0.25) is 9.59 Å². The van der Waals surface area contributed by atoms with E-state index in [1.807, 2.05) is 31.2 Å². The zero-order valence-corrected chi connectivity index (χ0v) is 15.8. The van der Waals surface area contributed by atoms with Crippen LogP contribution in [0.5, 0.6) is 0 Å². The number of nitrogens with zero attached hydrogens (tertiary/aromatic N) is 1. The summed E-state index contributed by atoms with van der Waals surface area (Å²) in [6, 6.07) is 11.2. The summed E-state index contributed by atoms with van der Waals surface area (Å²) in [6.45, 7) is 3.85. The summed E-state index contributed by atoms with van der Waals surface area (Å²) in [5.41, 5.74) is 2.08. The average Bonchev–Trinajstić information content (AvgIpc) is 2.62. The van der Waals surface area contributed by atoms with E-state index in [1.165, 1.54) is 24.1 Å². The molecular formula is C20H22ClFN2O2. The zero-order valence-electron chi connectivity index (χ0n) is 15.1. The molecule has 26 heavy (non-hydrogen) atoms. The third kappa shape index (κ3) is 4.61. The molecular weight excluding hydrogens is 355 g/mol. The quantitative estimate of drug-likeness (QED) is 0.838. The first kappa shape index (κ1) is 19.9. The predicted molar refractivity (Wildman–Crippen MR) is 100 cm³/mol. The topological polar surface area (TPSA) is 49.4 Å². The Morgan fingerprint density at radius 1 is 1.19 bits per heavy atom. The van der Waals surface area contributed by atoms with Crippen molar-refractivity contribution in [2.24, 2.45) is 0 Å². The van der Waals surface area contributed by atoms with E-state index in [-0.39, 0.29) is 35.4 Å². The van der Waals surface area contributed by atoms with Crippen LogP contribution in [0.4, 0.5) is 4.39 Å². The largest absolute Gasteiger partial charge is 0.357 e. The molecule has 0 saturated carbocycles. The van der Waals surface area contributed by atoms with Gasteiger partial charge < -0.3 is 10.2 Å². The minimum Gasteiger partial charge on any atom is -0.357 e. The van der Waals surface area contributed by atoms with Crippen molar-refractivity contribution in [2.45, 2.75) is 32.9 Å². The summed E-state index contributed by atoms with van der Waals surface area (Å²) < 4.78 is 14.1. The highest BCUT2D eigenvalue weighted by Crippen LogP contribution is 2.22. The molecule has 6 heteroatoms. The molecule has 0 radical (unpaired) electrons. The van der Waals surface area contributed by atoms with E-state index < -0.39 is 11.9 Å². The lowest BCUT2D eigenvalue weighted by molar-refractivity contribution is -0.139. The van der Waals surface area contributed by atoms with Crippen molar-refractivity contribution in [3.8, 4) is 0 Å². The molecule has 0 aliphatic carbocycles. The van der Waals surface area contributed by atoms with Gasteiger partial charge in [0.25, 0.3) is 0 Å². The van der Waals surface area contributed by atoms with Crippen LogP contribution in [0, 0.1) is 12.7 Å². The molecule has 2 amide bonds. The summed E-state index contributed by atoms with van der Waals surface area (Å²) in [5, 5.41) is 2.75. The first-order valence-electron chi connectivity index (χ1n) is 8.33. The average molecular weight is 377 g/mol. The van der Waals surface area contributed by atoms with Crippen molar-refractivity contribution in [3.05, 3.63) is 70.0 Å². The van der Waals surface area contributed by atoms with Crippen molar-refractivity contribution in [3.63, 3.8) is 0 Å². The molecule has 0 aliphatic heterocycles. The lowest BCUT2D eigenvalue weighted by Gasteiger charge is -2.29. The molecule has 0 heterocycles. The van der Waals surface area contributed by atoms with Crippen molar-refractivity contribution in [2.75, 3.05) is 7.05 Å². The first-order chi connectivity index (χ1) is 12.3. The van der Waals surface area contributed by atoms with Gasteiger partial charge in [-0.1, -0.05) is 41.9 Å². The van der Waals surface area contributed by atoms with Crippen LogP contribution in [0.3, 0.4) is 0 Å². The van der Waals surface area contributed by atoms with E-state index in [4.69, 9.17) is 11.6 Å². The summed E-state index contributed by atoms with van der Waals surface area (Å²) >= 11 is 6.04. The van der Waals surface area contributed by atoms with E-state index in [1.54, 1.807) is 13.0 Å². The Hall–Kier alpha value is -2.40. The fourth-order valence-electron chi connectivity index (χ4n) is 2.72. The van der Waals surface area contributed by atoms with Gasteiger partial charge in [-0.25, -0.2) is 4.39 Å². The van der Waals surface area contributed by atoms with E-state index in [9.17, 15) is 14.0 Å². The van der Waals surface area contributed by atoms with Crippen molar-refractivity contribution in [1.29, 1.82) is 0 Å². The first-order valence-corrected chi connectivity index (χ1v) is 8.71. The van der Waals surface area contributed by atoms with Gasteiger partial charge in [-0.2, -0.15) is 0 Å². The van der Waals surface area contributed by atoms with Crippen molar-refractivity contribution >= 4 is 23.4 Å². The Morgan fingerprint density at radius 3 is 2.50 bits per heavy atom. The van der Waals surface area contributed by atoms with Gasteiger partial charge in [0.15, 0.2) is 0 Å². The lowest BCUT2D eigenvalue weighted by Crippen LogP contribution is -2.47. The highest BCUT2D eigenvalue weighted by molar-refractivity contribution is 6.31. The van der Waals surface area contributed by atoms with Gasteiger partial charge >= 0.3 is 0 Å². The minimum absolute atomic E-state index is 0.137. The molecule has 0 aromatic heterocycles. The van der Waals surface area contributed by atoms with E-state index in [0.717, 1.165) is 11.1 Å². The van der Waals surface area contributed by atoms with Crippen LogP contribution in [0.2, 0.25) is 5.02 Å². The van der Waals surface area contributed by atoms with Crippen molar-refractivity contribution in [1.82, 2.24) is 10.2 Å². The van der Waals surface area contributed by atoms with Crippen LogP contribution in [0.25, 0.3) is 0 Å². The molecule has 0 bridgehead atoms. The Morgan fingerprint density at radius 2 is 1.88 bits per heavy atom. The van der Waals surface area contributed by atoms with Gasteiger partial charge in [-0.05, 0) is 37.1 Å². The highest BCUT2D eigenvalue weighted by atomic mass is 35.5. The molecule has 138 valence electrons. The molecule has 0 unspecified atom stereocenters. The second-order valence-electron chi connectivity index (χ2n) is 6.12. The van der Waals surface area contributed by atoms with E-state index in [0.29, 0.717) is 0 Å². The summed E-state index contributed by atoms with van der Waals surface area (Å²) in [5.74, 6) is -1.18. The number of carbonyl (C=O) groups excluding carboxylic acids is 2. The van der Waals surface area contributed by atoms with Gasteiger partial charge in [0.05, 0.1) is 6.42 Å². The fraction of sp³-hybridized carbons (Fsp3) is 0.300. The molecule has 0 aliphatic rings. The molecule has 0 saturated heterocycles. The molecule has 2 aromatic rings. The van der Waals surface area contributed by atoms with E-state index >= 15 is 0 Å². The number of benzene rings is 2. The Kier molecular flexibility index (Phi) is 6.75. The summed E-state index contributed by atoms with van der Waals surface area (Å²) in [7, 11) is 1.52. The van der Waals surface area contributed by atoms with Crippen LogP contribution in [0.15, 0.2) is 42.5 Å². The summed E-state index contributed by atoms with van der Waals surface area (Å²) in [4.78, 5) is 26.5. The molecule has 2 rings (SSSR count). The maximum Gasteiger partial charge on any atom is 0.242 e. The van der Waals surface area contributed by atoms with Crippen LogP contribution in [0.1, 0.15) is 23.6 Å². The normalized spacial score (nSPS) is 11.7. The fourth-order valence-corrected chi connectivity index (χ4v) is 2.95.